The molecule has 0 aliphatic heterocycles. The van der Waals surface area contributed by atoms with Gasteiger partial charge in [-0.25, -0.2) is 0 Å². The van der Waals surface area contributed by atoms with E-state index in [0.717, 1.165) is 91.0 Å². The Labute approximate surface area is 216 Å². The Bertz CT molecular complexity index is 949. The van der Waals surface area contributed by atoms with Gasteiger partial charge in [-0.3, -0.25) is 9.59 Å². The van der Waals surface area contributed by atoms with Gasteiger partial charge in [0, 0.05) is 11.4 Å². The summed E-state index contributed by atoms with van der Waals surface area (Å²) in [7, 11) is 0. The molecule has 2 N–H and O–H groups in total. The summed E-state index contributed by atoms with van der Waals surface area (Å²) in [6, 6.07) is 6.30. The van der Waals surface area contributed by atoms with Crippen LogP contribution in [0.25, 0.3) is 0 Å². The summed E-state index contributed by atoms with van der Waals surface area (Å²) in [5, 5.41) is 6.74. The molecule has 0 heterocycles. The van der Waals surface area contributed by atoms with E-state index in [0.29, 0.717) is 0 Å². The van der Waals surface area contributed by atoms with E-state index in [-0.39, 0.29) is 28.1 Å². The molecule has 8 fully saturated rings. The van der Waals surface area contributed by atoms with Crippen LogP contribution in [0.5, 0.6) is 0 Å². The van der Waals surface area contributed by atoms with Crippen molar-refractivity contribution in [2.75, 3.05) is 10.6 Å². The van der Waals surface area contributed by atoms with Gasteiger partial charge in [-0.2, -0.15) is 0 Å². The number of anilines is 2. The maximum absolute atomic E-state index is 13.8. The van der Waals surface area contributed by atoms with Gasteiger partial charge in [0.05, 0.1) is 10.8 Å². The second kappa shape index (κ2) is 7.84. The number of carbonyl (C=O) groups is 2. The Hall–Kier alpha value is -1.84. The lowest BCUT2D eigenvalue weighted by atomic mass is 9.49. The summed E-state index contributed by atoms with van der Waals surface area (Å²) in [5.41, 5.74) is 2.45. The monoisotopic (exact) mass is 488 g/mol. The van der Waals surface area contributed by atoms with E-state index < -0.39 is 0 Å². The highest BCUT2D eigenvalue weighted by Gasteiger charge is 2.56. The summed E-state index contributed by atoms with van der Waals surface area (Å²) in [6.07, 6.45) is 14.5. The Morgan fingerprint density at radius 3 is 1.19 bits per heavy atom. The molecule has 194 valence electrons. The quantitative estimate of drug-likeness (QED) is 0.467. The molecule has 1 aromatic carbocycles. The molecular formula is C32H44N2O2. The van der Waals surface area contributed by atoms with Crippen LogP contribution >= 0.6 is 0 Å². The average Bonchev–Trinajstić information content (AvgIpc) is 2.76. The Balaban J connectivity index is 1.14. The SMILES string of the molecule is CC(C)(C)c1cc(NC(=O)C23CC4CC(CC(C4)C2)C3)cc(NC(=O)C23CC4CC(CC(C4)C2)C3)c1. The third-order valence-corrected chi connectivity index (χ3v) is 11.4. The van der Waals surface area contributed by atoms with E-state index >= 15 is 0 Å². The van der Waals surface area contributed by atoms with Gasteiger partial charge >= 0.3 is 0 Å². The van der Waals surface area contributed by atoms with E-state index in [2.05, 4.69) is 43.5 Å². The zero-order chi connectivity index (χ0) is 24.9. The molecule has 36 heavy (non-hydrogen) atoms. The van der Waals surface area contributed by atoms with Crippen LogP contribution in [0.15, 0.2) is 18.2 Å². The Morgan fingerprint density at radius 1 is 0.611 bits per heavy atom. The van der Waals surface area contributed by atoms with Crippen LogP contribution in [0, 0.1) is 46.3 Å². The summed E-state index contributed by atoms with van der Waals surface area (Å²) in [4.78, 5) is 27.6. The van der Waals surface area contributed by atoms with Gasteiger partial charge in [-0.15, -0.1) is 0 Å². The molecule has 0 aromatic heterocycles. The van der Waals surface area contributed by atoms with Crippen LogP contribution in [0.1, 0.15) is 103 Å². The molecule has 4 nitrogen and oxygen atoms in total. The topological polar surface area (TPSA) is 58.2 Å². The van der Waals surface area contributed by atoms with Crippen molar-refractivity contribution in [2.45, 2.75) is 103 Å². The average molecular weight is 489 g/mol. The maximum Gasteiger partial charge on any atom is 0.230 e. The molecule has 8 bridgehead atoms. The van der Waals surface area contributed by atoms with E-state index in [1.54, 1.807) is 0 Å². The van der Waals surface area contributed by atoms with Crippen molar-refractivity contribution in [3.05, 3.63) is 23.8 Å². The van der Waals surface area contributed by atoms with Gasteiger partial charge < -0.3 is 10.6 Å². The minimum Gasteiger partial charge on any atom is -0.326 e. The molecule has 2 amide bonds. The van der Waals surface area contributed by atoms with Crippen molar-refractivity contribution in [3.8, 4) is 0 Å². The predicted octanol–water partition coefficient (Wildman–Crippen LogP) is 7.29. The highest BCUT2D eigenvalue weighted by atomic mass is 16.2. The summed E-state index contributed by atoms with van der Waals surface area (Å²) in [6.45, 7) is 6.62. The molecule has 0 saturated heterocycles. The van der Waals surface area contributed by atoms with Gasteiger partial charge in [-0.05, 0) is 142 Å². The normalized spacial score (nSPS) is 42.0. The van der Waals surface area contributed by atoms with Crippen molar-refractivity contribution in [1.82, 2.24) is 0 Å². The minimum absolute atomic E-state index is 0.0679. The first-order chi connectivity index (χ1) is 17.1. The molecule has 0 unspecified atom stereocenters. The third-order valence-electron chi connectivity index (χ3n) is 11.4. The molecule has 0 atom stereocenters. The van der Waals surface area contributed by atoms with E-state index in [9.17, 15) is 9.59 Å². The summed E-state index contributed by atoms with van der Waals surface area (Å²) < 4.78 is 0. The molecular weight excluding hydrogens is 444 g/mol. The molecule has 8 aliphatic rings. The first-order valence-corrected chi connectivity index (χ1v) is 14.9. The van der Waals surface area contributed by atoms with Crippen LogP contribution in [0.2, 0.25) is 0 Å². The number of carbonyl (C=O) groups excluding carboxylic acids is 2. The number of hydrogen-bond acceptors (Lipinski definition) is 2. The Morgan fingerprint density at radius 2 is 0.917 bits per heavy atom. The fourth-order valence-electron chi connectivity index (χ4n) is 10.5. The lowest BCUT2D eigenvalue weighted by molar-refractivity contribution is -0.140. The maximum atomic E-state index is 13.8. The number of benzene rings is 1. The highest BCUT2D eigenvalue weighted by Crippen LogP contribution is 2.61. The molecule has 9 rings (SSSR count). The highest BCUT2D eigenvalue weighted by molar-refractivity contribution is 5.99. The van der Waals surface area contributed by atoms with E-state index in [1.165, 1.54) is 38.5 Å². The van der Waals surface area contributed by atoms with Crippen molar-refractivity contribution in [1.29, 1.82) is 0 Å². The molecule has 1 aromatic rings. The Kier molecular flexibility index (Phi) is 5.07. The second-order valence-electron chi connectivity index (χ2n) is 15.4. The van der Waals surface area contributed by atoms with Gasteiger partial charge in [0.15, 0.2) is 0 Å². The van der Waals surface area contributed by atoms with E-state index in [4.69, 9.17) is 0 Å². The van der Waals surface area contributed by atoms with Crippen LogP contribution in [-0.2, 0) is 15.0 Å². The van der Waals surface area contributed by atoms with E-state index in [1.807, 2.05) is 6.07 Å². The van der Waals surface area contributed by atoms with Crippen molar-refractivity contribution in [2.24, 2.45) is 46.3 Å². The van der Waals surface area contributed by atoms with Crippen LogP contribution in [-0.4, -0.2) is 11.8 Å². The van der Waals surface area contributed by atoms with Crippen LogP contribution in [0.3, 0.4) is 0 Å². The zero-order valence-corrected chi connectivity index (χ0v) is 22.5. The first-order valence-electron chi connectivity index (χ1n) is 14.9. The summed E-state index contributed by atoms with van der Waals surface area (Å²) >= 11 is 0. The van der Waals surface area contributed by atoms with Crippen LogP contribution < -0.4 is 10.6 Å². The molecule has 8 aliphatic carbocycles. The van der Waals surface area contributed by atoms with Gasteiger partial charge in [0.1, 0.15) is 0 Å². The number of rotatable bonds is 4. The standard InChI is InChI=1S/C32H44N2O2/c1-30(2,3)25-10-26(33-28(35)31-13-19-4-20(14-31)6-21(5-19)15-31)12-27(11-25)34-29(36)32-16-22-7-23(17-32)9-24(8-22)18-32/h10-12,19-24H,4-9,13-18H2,1-3H3,(H,33,35)(H,34,36). The smallest absolute Gasteiger partial charge is 0.230 e. The summed E-state index contributed by atoms with van der Waals surface area (Å²) in [5.74, 6) is 4.94. The van der Waals surface area contributed by atoms with Gasteiger partial charge in [-0.1, -0.05) is 20.8 Å². The number of hydrogen-bond donors (Lipinski definition) is 2. The lowest BCUT2D eigenvalue weighted by Crippen LogP contribution is -2.52. The number of nitrogens with one attached hydrogen (secondary N) is 2. The zero-order valence-electron chi connectivity index (χ0n) is 22.5. The number of amides is 2. The van der Waals surface area contributed by atoms with Crippen molar-refractivity contribution < 1.29 is 9.59 Å². The lowest BCUT2D eigenvalue weighted by Gasteiger charge is -2.55. The fraction of sp³-hybridized carbons (Fsp3) is 0.750. The molecule has 0 spiro atoms. The van der Waals surface area contributed by atoms with Crippen molar-refractivity contribution >= 4 is 23.2 Å². The van der Waals surface area contributed by atoms with Crippen molar-refractivity contribution in [3.63, 3.8) is 0 Å². The van der Waals surface area contributed by atoms with Gasteiger partial charge in [0.25, 0.3) is 0 Å². The first kappa shape index (κ1) is 23.3. The largest absolute Gasteiger partial charge is 0.326 e. The third kappa shape index (κ3) is 3.84. The molecule has 4 heteroatoms. The predicted molar refractivity (Wildman–Crippen MR) is 144 cm³/mol. The minimum atomic E-state index is -0.172. The molecule has 0 radical (unpaired) electrons. The van der Waals surface area contributed by atoms with Crippen LogP contribution in [0.4, 0.5) is 11.4 Å². The fourth-order valence-corrected chi connectivity index (χ4v) is 10.5. The van der Waals surface area contributed by atoms with Gasteiger partial charge in [0.2, 0.25) is 11.8 Å². The molecule has 8 saturated carbocycles. The second-order valence-corrected chi connectivity index (χ2v) is 15.4.